The number of hydrogen-bond acceptors (Lipinski definition) is 4. The third-order valence-electron chi connectivity index (χ3n) is 2.69. The third kappa shape index (κ3) is 2.35. The number of imidazole rings is 1. The van der Waals surface area contributed by atoms with Gasteiger partial charge < -0.3 is 9.84 Å². The van der Waals surface area contributed by atoms with Crippen LogP contribution in [-0.2, 0) is 6.61 Å². The number of aromatic nitrogens is 2. The predicted molar refractivity (Wildman–Crippen MR) is 70.8 cm³/mol. The maximum Gasteiger partial charge on any atom is 0.339 e. The minimum absolute atomic E-state index is 0.00569. The Morgan fingerprint density at radius 3 is 3.10 bits per heavy atom. The molecule has 3 aromatic rings. The number of nitrogens with zero attached hydrogens (tertiary/aromatic N) is 2. The van der Waals surface area contributed by atoms with E-state index < -0.39 is 11.8 Å². The molecule has 0 aliphatic heterocycles. The smallest absolute Gasteiger partial charge is 0.339 e. The van der Waals surface area contributed by atoms with E-state index in [-0.39, 0.29) is 17.9 Å². The summed E-state index contributed by atoms with van der Waals surface area (Å²) in [7, 11) is 0. The molecule has 1 aromatic carbocycles. The Labute approximate surface area is 116 Å². The van der Waals surface area contributed by atoms with Gasteiger partial charge in [0.25, 0.3) is 0 Å². The number of carbonyl (C=O) groups is 1. The Morgan fingerprint density at radius 2 is 2.35 bits per heavy atom. The molecule has 0 saturated carbocycles. The monoisotopic (exact) mass is 292 g/mol. The van der Waals surface area contributed by atoms with E-state index in [2.05, 4.69) is 4.98 Å². The normalized spacial score (nSPS) is 10.8. The Hall–Kier alpha value is -2.41. The van der Waals surface area contributed by atoms with Crippen LogP contribution >= 0.6 is 11.3 Å². The van der Waals surface area contributed by atoms with Gasteiger partial charge in [0.2, 0.25) is 0 Å². The lowest BCUT2D eigenvalue weighted by molar-refractivity contribution is 0.0691. The molecule has 3 rings (SSSR count). The van der Waals surface area contributed by atoms with Gasteiger partial charge >= 0.3 is 5.97 Å². The standard InChI is InChI=1S/C13H9FN2O3S/c14-8-1-2-10(12(17)18)11(5-8)19-7-9-6-16-3-4-20-13(16)15-9/h1-6H,7H2,(H,17,18). The van der Waals surface area contributed by atoms with Crippen molar-refractivity contribution in [1.82, 2.24) is 9.38 Å². The van der Waals surface area contributed by atoms with Crippen LogP contribution in [0.5, 0.6) is 5.75 Å². The molecule has 0 fully saturated rings. The molecule has 5 nitrogen and oxygen atoms in total. The topological polar surface area (TPSA) is 63.8 Å². The fraction of sp³-hybridized carbons (Fsp3) is 0.0769. The molecule has 0 atom stereocenters. The van der Waals surface area contributed by atoms with E-state index in [1.807, 2.05) is 16.0 Å². The molecule has 1 N–H and O–H groups in total. The van der Waals surface area contributed by atoms with Crippen molar-refractivity contribution < 1.29 is 19.0 Å². The van der Waals surface area contributed by atoms with Gasteiger partial charge in [0.05, 0.1) is 5.69 Å². The number of fused-ring (bicyclic) bond motifs is 1. The third-order valence-corrected chi connectivity index (χ3v) is 3.46. The van der Waals surface area contributed by atoms with Crippen molar-refractivity contribution in [2.75, 3.05) is 0 Å². The summed E-state index contributed by atoms with van der Waals surface area (Å²) in [6.45, 7) is 0.0815. The number of halogens is 1. The zero-order valence-corrected chi connectivity index (χ0v) is 10.9. The lowest BCUT2D eigenvalue weighted by Crippen LogP contribution is -2.04. The van der Waals surface area contributed by atoms with Gasteiger partial charge in [0, 0.05) is 23.8 Å². The van der Waals surface area contributed by atoms with Gasteiger partial charge in [0.15, 0.2) is 4.96 Å². The first-order chi connectivity index (χ1) is 9.63. The Bertz CT molecular complexity index is 752. The van der Waals surface area contributed by atoms with Crippen LogP contribution < -0.4 is 4.74 Å². The van der Waals surface area contributed by atoms with E-state index in [9.17, 15) is 9.18 Å². The first-order valence-corrected chi connectivity index (χ1v) is 6.58. The number of aromatic carboxylic acids is 1. The summed E-state index contributed by atoms with van der Waals surface area (Å²) < 4.78 is 20.4. The van der Waals surface area contributed by atoms with E-state index >= 15 is 0 Å². The van der Waals surface area contributed by atoms with Crippen molar-refractivity contribution in [3.05, 3.63) is 53.0 Å². The van der Waals surface area contributed by atoms with E-state index in [1.165, 1.54) is 17.4 Å². The highest BCUT2D eigenvalue weighted by Gasteiger charge is 2.13. The zero-order chi connectivity index (χ0) is 14.1. The van der Waals surface area contributed by atoms with Crippen molar-refractivity contribution in [1.29, 1.82) is 0 Å². The number of carboxylic acids is 1. The van der Waals surface area contributed by atoms with Crippen LogP contribution in [0.1, 0.15) is 16.1 Å². The first-order valence-electron chi connectivity index (χ1n) is 5.70. The fourth-order valence-corrected chi connectivity index (χ4v) is 2.51. The molecule has 20 heavy (non-hydrogen) atoms. The fourth-order valence-electron chi connectivity index (χ4n) is 1.79. The van der Waals surface area contributed by atoms with Crippen LogP contribution in [-0.4, -0.2) is 20.5 Å². The molecule has 2 aromatic heterocycles. The van der Waals surface area contributed by atoms with Crippen LogP contribution in [0.3, 0.4) is 0 Å². The SMILES string of the molecule is O=C(O)c1ccc(F)cc1OCc1cn2ccsc2n1. The van der Waals surface area contributed by atoms with E-state index in [1.54, 1.807) is 6.20 Å². The predicted octanol–water partition coefficient (Wildman–Crippen LogP) is 2.81. The summed E-state index contributed by atoms with van der Waals surface area (Å²) in [5.74, 6) is -1.71. The van der Waals surface area contributed by atoms with Crippen LogP contribution in [0.15, 0.2) is 36.0 Å². The van der Waals surface area contributed by atoms with Crippen molar-refractivity contribution in [3.63, 3.8) is 0 Å². The molecule has 0 saturated heterocycles. The highest BCUT2D eigenvalue weighted by molar-refractivity contribution is 7.15. The molecule has 0 aliphatic rings. The summed E-state index contributed by atoms with van der Waals surface area (Å²) >= 11 is 1.48. The largest absolute Gasteiger partial charge is 0.486 e. The zero-order valence-electron chi connectivity index (χ0n) is 10.1. The Kier molecular flexibility index (Phi) is 3.11. The summed E-state index contributed by atoms with van der Waals surface area (Å²) in [6, 6.07) is 3.32. The van der Waals surface area contributed by atoms with Crippen molar-refractivity contribution in [2.24, 2.45) is 0 Å². The van der Waals surface area contributed by atoms with Gasteiger partial charge in [-0.15, -0.1) is 11.3 Å². The van der Waals surface area contributed by atoms with Gasteiger partial charge in [-0.2, -0.15) is 0 Å². The number of carboxylic acid groups (broad SMARTS) is 1. The minimum Gasteiger partial charge on any atom is -0.486 e. The summed E-state index contributed by atoms with van der Waals surface area (Å²) in [6.07, 6.45) is 3.65. The second-order valence-electron chi connectivity index (χ2n) is 4.06. The molecule has 7 heteroatoms. The molecular formula is C13H9FN2O3S. The molecule has 0 spiro atoms. The Morgan fingerprint density at radius 1 is 1.50 bits per heavy atom. The van der Waals surface area contributed by atoms with Crippen LogP contribution in [0.25, 0.3) is 4.96 Å². The van der Waals surface area contributed by atoms with Crippen LogP contribution in [0.4, 0.5) is 4.39 Å². The van der Waals surface area contributed by atoms with Gasteiger partial charge in [-0.05, 0) is 12.1 Å². The molecule has 0 amide bonds. The summed E-state index contributed by atoms with van der Waals surface area (Å²) in [5, 5.41) is 10.9. The molecule has 2 heterocycles. The van der Waals surface area contributed by atoms with Gasteiger partial charge in [-0.25, -0.2) is 14.2 Å². The number of hydrogen-bond donors (Lipinski definition) is 1. The Balaban J connectivity index is 1.82. The summed E-state index contributed by atoms with van der Waals surface area (Å²) in [4.78, 5) is 16.1. The number of benzene rings is 1. The highest BCUT2D eigenvalue weighted by atomic mass is 32.1. The van der Waals surface area contributed by atoms with E-state index in [4.69, 9.17) is 9.84 Å². The van der Waals surface area contributed by atoms with Crippen LogP contribution in [0, 0.1) is 5.82 Å². The second kappa shape index (κ2) is 4.93. The van der Waals surface area contributed by atoms with E-state index in [0.717, 1.165) is 17.1 Å². The molecular weight excluding hydrogens is 283 g/mol. The second-order valence-corrected chi connectivity index (χ2v) is 4.93. The quantitative estimate of drug-likeness (QED) is 0.803. The number of thiazole rings is 1. The highest BCUT2D eigenvalue weighted by Crippen LogP contribution is 2.21. The lowest BCUT2D eigenvalue weighted by atomic mass is 10.2. The molecule has 0 aliphatic carbocycles. The molecule has 0 radical (unpaired) electrons. The minimum atomic E-state index is -1.16. The van der Waals surface area contributed by atoms with Gasteiger partial charge in [-0.1, -0.05) is 0 Å². The molecule has 102 valence electrons. The maximum atomic E-state index is 13.2. The van der Waals surface area contributed by atoms with Gasteiger partial charge in [-0.3, -0.25) is 4.40 Å². The van der Waals surface area contributed by atoms with Crippen molar-refractivity contribution in [3.8, 4) is 5.75 Å². The average Bonchev–Trinajstić information content (AvgIpc) is 2.96. The lowest BCUT2D eigenvalue weighted by Gasteiger charge is -2.07. The summed E-state index contributed by atoms with van der Waals surface area (Å²) in [5.41, 5.74) is 0.574. The van der Waals surface area contributed by atoms with Crippen LogP contribution in [0.2, 0.25) is 0 Å². The first kappa shape index (κ1) is 12.6. The van der Waals surface area contributed by atoms with Gasteiger partial charge in [0.1, 0.15) is 23.7 Å². The van der Waals surface area contributed by atoms with Crippen molar-refractivity contribution >= 4 is 22.3 Å². The average molecular weight is 292 g/mol. The van der Waals surface area contributed by atoms with E-state index in [0.29, 0.717) is 5.69 Å². The molecule has 0 unspecified atom stereocenters. The van der Waals surface area contributed by atoms with Crippen molar-refractivity contribution in [2.45, 2.75) is 6.61 Å². The number of ether oxygens (including phenoxy) is 1. The number of rotatable bonds is 4. The molecule has 0 bridgehead atoms. The maximum absolute atomic E-state index is 13.2.